The van der Waals surface area contributed by atoms with E-state index >= 15 is 0 Å². The number of nitrogens with one attached hydrogen (secondary N) is 1. The van der Waals surface area contributed by atoms with Crippen LogP contribution >= 0.6 is 23.2 Å². The monoisotopic (exact) mass is 589 g/mol. The Labute approximate surface area is 240 Å². The second kappa shape index (κ2) is 14.4. The van der Waals surface area contributed by atoms with Crippen molar-refractivity contribution in [1.82, 2.24) is 10.2 Å². The van der Waals surface area contributed by atoms with Gasteiger partial charge in [-0.25, -0.2) is 8.42 Å². The van der Waals surface area contributed by atoms with Gasteiger partial charge in [-0.05, 0) is 53.9 Å². The van der Waals surface area contributed by atoms with Crippen molar-refractivity contribution >= 4 is 50.7 Å². The number of nitrogens with zero attached hydrogens (tertiary/aromatic N) is 2. The number of unbranched alkanes of at least 4 members (excludes halogenated alkanes) is 1. The van der Waals surface area contributed by atoms with Crippen LogP contribution in [0.5, 0.6) is 0 Å². The number of amides is 2. The van der Waals surface area contributed by atoms with Crippen molar-refractivity contribution in [3.05, 3.63) is 100 Å². The summed E-state index contributed by atoms with van der Waals surface area (Å²) in [5, 5.41) is 3.88. The average molecular weight is 591 g/mol. The Balaban J connectivity index is 2.02. The fourth-order valence-electron chi connectivity index (χ4n) is 4.11. The van der Waals surface area contributed by atoms with Crippen LogP contribution in [0.1, 0.15) is 30.9 Å². The highest BCUT2D eigenvalue weighted by Gasteiger charge is 2.33. The summed E-state index contributed by atoms with van der Waals surface area (Å²) < 4.78 is 26.6. The third-order valence-corrected chi connectivity index (χ3v) is 7.76. The van der Waals surface area contributed by atoms with Crippen molar-refractivity contribution in [2.45, 2.75) is 38.8 Å². The van der Waals surface area contributed by atoms with Gasteiger partial charge < -0.3 is 10.2 Å². The summed E-state index contributed by atoms with van der Waals surface area (Å²) in [6.45, 7) is 2.07. The molecule has 0 saturated carbocycles. The molecule has 0 spiro atoms. The summed E-state index contributed by atoms with van der Waals surface area (Å²) in [5.41, 5.74) is 1.88. The molecule has 10 heteroatoms. The molecule has 0 aliphatic heterocycles. The van der Waals surface area contributed by atoms with Gasteiger partial charge in [0, 0.05) is 29.6 Å². The fraction of sp³-hybridized carbons (Fsp3) is 0.310. The van der Waals surface area contributed by atoms with Gasteiger partial charge >= 0.3 is 0 Å². The topological polar surface area (TPSA) is 86.8 Å². The van der Waals surface area contributed by atoms with Crippen LogP contribution in [0.4, 0.5) is 5.69 Å². The second-order valence-corrected chi connectivity index (χ2v) is 12.0. The lowest BCUT2D eigenvalue weighted by Crippen LogP contribution is -2.53. The van der Waals surface area contributed by atoms with Crippen molar-refractivity contribution in [3.8, 4) is 0 Å². The molecular formula is C29H33Cl2N3O4S. The molecule has 0 aliphatic rings. The van der Waals surface area contributed by atoms with E-state index in [0.29, 0.717) is 27.8 Å². The minimum absolute atomic E-state index is 0.0658. The normalized spacial score (nSPS) is 12.0. The molecule has 2 amide bonds. The molecule has 1 atom stereocenters. The molecule has 0 aromatic heterocycles. The first-order chi connectivity index (χ1) is 18.6. The summed E-state index contributed by atoms with van der Waals surface area (Å²) in [4.78, 5) is 29.0. The molecule has 1 N–H and O–H groups in total. The lowest BCUT2D eigenvalue weighted by Gasteiger charge is -2.33. The second-order valence-electron chi connectivity index (χ2n) is 9.25. The predicted molar refractivity (Wildman–Crippen MR) is 157 cm³/mol. The van der Waals surface area contributed by atoms with Crippen LogP contribution < -0.4 is 9.62 Å². The molecule has 0 heterocycles. The first-order valence-electron chi connectivity index (χ1n) is 12.7. The summed E-state index contributed by atoms with van der Waals surface area (Å²) >= 11 is 12.2. The van der Waals surface area contributed by atoms with E-state index in [0.717, 1.165) is 29.0 Å². The van der Waals surface area contributed by atoms with Crippen LogP contribution in [0.2, 0.25) is 10.0 Å². The van der Waals surface area contributed by atoms with Crippen LogP contribution in [0.3, 0.4) is 0 Å². The molecule has 0 radical (unpaired) electrons. The minimum Gasteiger partial charge on any atom is -0.354 e. The maximum absolute atomic E-state index is 14.0. The molecular weight excluding hydrogens is 557 g/mol. The van der Waals surface area contributed by atoms with E-state index in [2.05, 4.69) is 5.32 Å². The maximum atomic E-state index is 14.0. The molecule has 0 unspecified atom stereocenters. The van der Waals surface area contributed by atoms with E-state index < -0.39 is 28.5 Å². The van der Waals surface area contributed by atoms with Gasteiger partial charge in [0.2, 0.25) is 21.8 Å². The fourth-order valence-corrected chi connectivity index (χ4v) is 5.30. The lowest BCUT2D eigenvalue weighted by molar-refractivity contribution is -0.140. The minimum atomic E-state index is -3.84. The number of carbonyl (C=O) groups is 2. The van der Waals surface area contributed by atoms with E-state index in [1.807, 2.05) is 43.3 Å². The van der Waals surface area contributed by atoms with E-state index in [9.17, 15) is 18.0 Å². The van der Waals surface area contributed by atoms with Gasteiger partial charge in [-0.1, -0.05) is 79.0 Å². The van der Waals surface area contributed by atoms with Crippen LogP contribution in [0.25, 0.3) is 0 Å². The number of hydrogen-bond acceptors (Lipinski definition) is 4. The summed E-state index contributed by atoms with van der Waals surface area (Å²) in [6, 6.07) is 21.7. The van der Waals surface area contributed by atoms with E-state index in [-0.39, 0.29) is 18.9 Å². The van der Waals surface area contributed by atoms with Gasteiger partial charge in [0.1, 0.15) is 12.6 Å². The molecule has 0 bridgehead atoms. The number of rotatable bonds is 13. The van der Waals surface area contributed by atoms with Crippen LogP contribution in [-0.2, 0) is 32.6 Å². The number of halogens is 2. The highest BCUT2D eigenvalue weighted by molar-refractivity contribution is 7.92. The van der Waals surface area contributed by atoms with Gasteiger partial charge in [-0.3, -0.25) is 13.9 Å². The van der Waals surface area contributed by atoms with Gasteiger partial charge in [-0.15, -0.1) is 0 Å². The Morgan fingerprint density at radius 1 is 0.897 bits per heavy atom. The quantitative estimate of drug-likeness (QED) is 0.273. The summed E-state index contributed by atoms with van der Waals surface area (Å²) in [6.07, 6.45) is 2.99. The third-order valence-electron chi connectivity index (χ3n) is 6.14. The SMILES string of the molecule is CCCCNC(=O)[C@H](Cc1ccccc1)N(Cc1cccc(Cl)c1)C(=O)CN(c1ccc(Cl)cc1)S(C)(=O)=O. The number of sulfonamides is 1. The van der Waals surface area contributed by atoms with Crippen LogP contribution in [-0.4, -0.2) is 50.5 Å². The highest BCUT2D eigenvalue weighted by Crippen LogP contribution is 2.23. The smallest absolute Gasteiger partial charge is 0.244 e. The largest absolute Gasteiger partial charge is 0.354 e. The Hall–Kier alpha value is -3.07. The van der Waals surface area contributed by atoms with Gasteiger partial charge in [0.15, 0.2) is 0 Å². The van der Waals surface area contributed by atoms with Crippen molar-refractivity contribution in [2.24, 2.45) is 0 Å². The summed E-state index contributed by atoms with van der Waals surface area (Å²) in [5.74, 6) is -0.831. The Morgan fingerprint density at radius 2 is 1.56 bits per heavy atom. The summed E-state index contributed by atoms with van der Waals surface area (Å²) in [7, 11) is -3.84. The molecule has 7 nitrogen and oxygen atoms in total. The number of carbonyl (C=O) groups excluding carboxylic acids is 2. The zero-order valence-electron chi connectivity index (χ0n) is 22.0. The van der Waals surface area contributed by atoms with E-state index in [1.54, 1.807) is 30.3 Å². The van der Waals surface area contributed by atoms with Crippen LogP contribution in [0, 0.1) is 0 Å². The first kappa shape index (κ1) is 30.5. The highest BCUT2D eigenvalue weighted by atomic mass is 35.5. The van der Waals surface area contributed by atoms with Crippen molar-refractivity contribution in [1.29, 1.82) is 0 Å². The Bertz CT molecular complexity index is 1350. The zero-order valence-corrected chi connectivity index (χ0v) is 24.3. The maximum Gasteiger partial charge on any atom is 0.244 e. The average Bonchev–Trinajstić information content (AvgIpc) is 2.90. The van der Waals surface area contributed by atoms with Gasteiger partial charge in [-0.2, -0.15) is 0 Å². The molecule has 208 valence electrons. The van der Waals surface area contributed by atoms with Gasteiger partial charge in [0.05, 0.1) is 11.9 Å². The van der Waals surface area contributed by atoms with Gasteiger partial charge in [0.25, 0.3) is 0 Å². The number of anilines is 1. The molecule has 3 aromatic rings. The van der Waals surface area contributed by atoms with Crippen molar-refractivity contribution in [3.63, 3.8) is 0 Å². The predicted octanol–water partition coefficient (Wildman–Crippen LogP) is 5.32. The van der Waals surface area contributed by atoms with Crippen LogP contribution in [0.15, 0.2) is 78.9 Å². The Kier molecular flexibility index (Phi) is 11.2. The number of benzene rings is 3. The molecule has 3 rings (SSSR count). The molecule has 3 aromatic carbocycles. The lowest BCUT2D eigenvalue weighted by atomic mass is 10.0. The Morgan fingerprint density at radius 3 is 2.18 bits per heavy atom. The molecule has 39 heavy (non-hydrogen) atoms. The molecule has 0 fully saturated rings. The standard InChI is InChI=1S/C29H33Cl2N3O4S/c1-3-4-17-32-29(36)27(19-22-9-6-5-7-10-22)33(20-23-11-8-12-25(31)18-23)28(35)21-34(39(2,37)38)26-15-13-24(30)14-16-26/h5-16,18,27H,3-4,17,19-21H2,1-2H3,(H,32,36)/t27-/m0/s1. The molecule has 0 saturated heterocycles. The number of hydrogen-bond donors (Lipinski definition) is 1. The zero-order chi connectivity index (χ0) is 28.4. The van der Waals surface area contributed by atoms with Crippen molar-refractivity contribution < 1.29 is 18.0 Å². The molecule has 0 aliphatic carbocycles. The first-order valence-corrected chi connectivity index (χ1v) is 15.3. The van der Waals surface area contributed by atoms with E-state index in [4.69, 9.17) is 23.2 Å². The van der Waals surface area contributed by atoms with E-state index in [1.165, 1.54) is 17.0 Å². The van der Waals surface area contributed by atoms with Crippen molar-refractivity contribution in [2.75, 3.05) is 23.7 Å². The third kappa shape index (κ3) is 9.27.